The molecule has 0 saturated heterocycles. The maximum absolute atomic E-state index is 12.5. The van der Waals surface area contributed by atoms with Gasteiger partial charge in [0.15, 0.2) is 0 Å². The molecule has 0 bridgehead atoms. The number of likely N-dealkylation sites (N-methyl/N-ethyl adjacent to an activating group) is 1. The van der Waals surface area contributed by atoms with Crippen molar-refractivity contribution in [3.05, 3.63) is 66.1 Å². The molecule has 0 saturated carbocycles. The number of benzene rings is 2. The number of nitrogen functional groups attached to an aromatic ring is 1. The minimum atomic E-state index is -0.00671. The molecule has 3 N–H and O–H groups in total. The van der Waals surface area contributed by atoms with Gasteiger partial charge in [-0.3, -0.25) is 9.78 Å². The molecular formula is C20H19N5O. The van der Waals surface area contributed by atoms with Gasteiger partial charge in [-0.15, -0.1) is 0 Å². The van der Waals surface area contributed by atoms with Gasteiger partial charge in [-0.05, 0) is 36.4 Å². The number of hydrogen-bond acceptors (Lipinski definition) is 4. The van der Waals surface area contributed by atoms with Crippen LogP contribution >= 0.6 is 0 Å². The predicted octanol–water partition coefficient (Wildman–Crippen LogP) is 2.89. The van der Waals surface area contributed by atoms with Gasteiger partial charge >= 0.3 is 0 Å². The maximum Gasteiger partial charge on any atom is 0.228 e. The third-order valence-corrected chi connectivity index (χ3v) is 4.35. The smallest absolute Gasteiger partial charge is 0.228 e. The van der Waals surface area contributed by atoms with E-state index >= 15 is 0 Å². The van der Waals surface area contributed by atoms with Gasteiger partial charge in [-0.25, -0.2) is 4.98 Å². The van der Waals surface area contributed by atoms with E-state index < -0.39 is 0 Å². The van der Waals surface area contributed by atoms with Crippen LogP contribution in [0.1, 0.15) is 11.5 Å². The van der Waals surface area contributed by atoms with E-state index in [1.165, 1.54) is 0 Å². The van der Waals surface area contributed by atoms with Crippen molar-refractivity contribution in [2.45, 2.75) is 13.0 Å². The number of amides is 1. The Labute approximate surface area is 150 Å². The lowest BCUT2D eigenvalue weighted by Crippen LogP contribution is -2.28. The number of H-pyrrole nitrogens is 1. The van der Waals surface area contributed by atoms with Crippen LogP contribution in [0.4, 0.5) is 5.69 Å². The molecule has 0 aliphatic rings. The lowest BCUT2D eigenvalue weighted by Gasteiger charge is -2.15. The minimum Gasteiger partial charge on any atom is -0.399 e. The van der Waals surface area contributed by atoms with Gasteiger partial charge in [0.2, 0.25) is 5.91 Å². The second kappa shape index (κ2) is 6.48. The molecule has 6 nitrogen and oxygen atoms in total. The lowest BCUT2D eigenvalue weighted by atomic mass is 10.1. The van der Waals surface area contributed by atoms with Crippen LogP contribution in [-0.2, 0) is 17.8 Å². The van der Waals surface area contributed by atoms with E-state index in [1.807, 2.05) is 54.6 Å². The Hall–Kier alpha value is -3.41. The number of aromatic nitrogens is 3. The Morgan fingerprint density at radius 1 is 1.08 bits per heavy atom. The second-order valence-electron chi connectivity index (χ2n) is 6.38. The first kappa shape index (κ1) is 16.1. The number of hydrogen-bond donors (Lipinski definition) is 2. The van der Waals surface area contributed by atoms with Crippen molar-refractivity contribution in [3.8, 4) is 0 Å². The summed E-state index contributed by atoms with van der Waals surface area (Å²) in [5.41, 5.74) is 9.94. The number of fused-ring (bicyclic) bond motifs is 2. The van der Waals surface area contributed by atoms with Crippen LogP contribution < -0.4 is 5.73 Å². The van der Waals surface area contributed by atoms with Crippen LogP contribution in [0.5, 0.6) is 0 Å². The zero-order chi connectivity index (χ0) is 18.1. The summed E-state index contributed by atoms with van der Waals surface area (Å²) in [4.78, 5) is 26.5. The molecule has 2 aromatic carbocycles. The number of nitrogens with one attached hydrogen (secondary N) is 1. The number of carbonyl (C=O) groups is 1. The number of nitrogens with zero attached hydrogens (tertiary/aromatic N) is 3. The van der Waals surface area contributed by atoms with E-state index in [-0.39, 0.29) is 12.3 Å². The van der Waals surface area contributed by atoms with Crippen molar-refractivity contribution in [1.29, 1.82) is 0 Å². The van der Waals surface area contributed by atoms with Crippen molar-refractivity contribution < 1.29 is 4.79 Å². The quantitative estimate of drug-likeness (QED) is 0.557. The highest BCUT2D eigenvalue weighted by Gasteiger charge is 2.13. The van der Waals surface area contributed by atoms with E-state index in [4.69, 9.17) is 5.73 Å². The molecule has 0 fully saturated rings. The van der Waals surface area contributed by atoms with E-state index in [2.05, 4.69) is 15.0 Å². The van der Waals surface area contributed by atoms with Crippen LogP contribution in [-0.4, -0.2) is 32.8 Å². The fraction of sp³-hybridized carbons (Fsp3) is 0.150. The Morgan fingerprint density at radius 2 is 1.92 bits per heavy atom. The Bertz CT molecular complexity index is 1070. The van der Waals surface area contributed by atoms with Crippen LogP contribution in [0, 0.1) is 0 Å². The molecule has 2 heterocycles. The topological polar surface area (TPSA) is 87.9 Å². The zero-order valence-corrected chi connectivity index (χ0v) is 14.4. The lowest BCUT2D eigenvalue weighted by molar-refractivity contribution is -0.129. The molecule has 6 heteroatoms. The number of carbonyl (C=O) groups excluding carboxylic acids is 1. The molecule has 0 atom stereocenters. The van der Waals surface area contributed by atoms with Gasteiger partial charge in [0.1, 0.15) is 5.82 Å². The highest BCUT2D eigenvalue weighted by molar-refractivity contribution is 5.83. The normalized spacial score (nSPS) is 11.1. The summed E-state index contributed by atoms with van der Waals surface area (Å²) in [6, 6.07) is 17.2. The maximum atomic E-state index is 12.5. The second-order valence-corrected chi connectivity index (χ2v) is 6.38. The number of rotatable bonds is 4. The molecule has 4 aromatic rings. The molecule has 4 rings (SSSR count). The molecular weight excluding hydrogens is 326 g/mol. The molecule has 0 aliphatic heterocycles. The van der Waals surface area contributed by atoms with Crippen molar-refractivity contribution in [3.63, 3.8) is 0 Å². The Balaban J connectivity index is 1.47. The summed E-state index contributed by atoms with van der Waals surface area (Å²) in [5, 5.41) is 0.969. The summed E-state index contributed by atoms with van der Waals surface area (Å²) in [7, 11) is 1.78. The molecule has 2 aromatic heterocycles. The standard InChI is InChI=1S/C20H19N5O/c1-25(12-19-23-17-4-2-3-5-18(17)24-19)20(26)11-15-8-6-13-10-14(21)7-9-16(13)22-15/h2-10H,11-12,21H2,1H3,(H,23,24). The fourth-order valence-electron chi connectivity index (χ4n) is 2.97. The van der Waals surface area contributed by atoms with Gasteiger partial charge in [-0.2, -0.15) is 0 Å². The third-order valence-electron chi connectivity index (χ3n) is 4.35. The van der Waals surface area contributed by atoms with Gasteiger partial charge in [0.25, 0.3) is 0 Å². The van der Waals surface area contributed by atoms with Gasteiger partial charge in [-0.1, -0.05) is 18.2 Å². The average molecular weight is 345 g/mol. The van der Waals surface area contributed by atoms with Crippen LogP contribution in [0.3, 0.4) is 0 Å². The van der Waals surface area contributed by atoms with E-state index in [9.17, 15) is 4.79 Å². The van der Waals surface area contributed by atoms with Crippen molar-refractivity contribution in [2.75, 3.05) is 12.8 Å². The van der Waals surface area contributed by atoms with E-state index in [1.54, 1.807) is 11.9 Å². The molecule has 0 unspecified atom stereocenters. The SMILES string of the molecule is CN(Cc1nc2ccccc2[nH]1)C(=O)Cc1ccc2cc(N)ccc2n1. The highest BCUT2D eigenvalue weighted by atomic mass is 16.2. The van der Waals surface area contributed by atoms with Gasteiger partial charge < -0.3 is 15.6 Å². The fourth-order valence-corrected chi connectivity index (χ4v) is 2.97. The van der Waals surface area contributed by atoms with Crippen LogP contribution in [0.2, 0.25) is 0 Å². The first-order valence-corrected chi connectivity index (χ1v) is 8.41. The van der Waals surface area contributed by atoms with Crippen LogP contribution in [0.15, 0.2) is 54.6 Å². The molecule has 0 aliphatic carbocycles. The summed E-state index contributed by atoms with van der Waals surface area (Å²) in [6.07, 6.45) is 0.247. The van der Waals surface area contributed by atoms with Gasteiger partial charge in [0, 0.05) is 18.1 Å². The first-order chi connectivity index (χ1) is 12.6. The number of imidazole rings is 1. The first-order valence-electron chi connectivity index (χ1n) is 8.41. The Kier molecular flexibility index (Phi) is 4.01. The number of nitrogens with two attached hydrogens (primary N) is 1. The minimum absolute atomic E-state index is 0.00671. The van der Waals surface area contributed by atoms with E-state index in [0.717, 1.165) is 33.5 Å². The van der Waals surface area contributed by atoms with Crippen molar-refractivity contribution in [1.82, 2.24) is 19.9 Å². The molecule has 130 valence electrons. The average Bonchev–Trinajstić information content (AvgIpc) is 3.04. The monoisotopic (exact) mass is 345 g/mol. The predicted molar refractivity (Wildman–Crippen MR) is 102 cm³/mol. The molecule has 0 radical (unpaired) electrons. The Morgan fingerprint density at radius 3 is 2.77 bits per heavy atom. The molecule has 0 spiro atoms. The van der Waals surface area contributed by atoms with Crippen molar-refractivity contribution >= 4 is 33.5 Å². The zero-order valence-electron chi connectivity index (χ0n) is 14.4. The summed E-state index contributed by atoms with van der Waals surface area (Å²) < 4.78 is 0. The van der Waals surface area contributed by atoms with E-state index in [0.29, 0.717) is 12.2 Å². The number of pyridine rings is 1. The molecule has 1 amide bonds. The van der Waals surface area contributed by atoms with Crippen LogP contribution in [0.25, 0.3) is 21.9 Å². The van der Waals surface area contributed by atoms with Crippen molar-refractivity contribution in [2.24, 2.45) is 0 Å². The van der Waals surface area contributed by atoms with Gasteiger partial charge in [0.05, 0.1) is 35.2 Å². The summed E-state index contributed by atoms with van der Waals surface area (Å²) in [6.45, 7) is 0.428. The summed E-state index contributed by atoms with van der Waals surface area (Å²) in [5.74, 6) is 0.761. The summed E-state index contributed by atoms with van der Waals surface area (Å²) >= 11 is 0. The number of anilines is 1. The third kappa shape index (κ3) is 3.21. The highest BCUT2D eigenvalue weighted by Crippen LogP contribution is 2.17. The molecule has 26 heavy (non-hydrogen) atoms. The number of aromatic amines is 1. The number of para-hydroxylation sites is 2. The largest absolute Gasteiger partial charge is 0.399 e.